The Bertz CT molecular complexity index is 560. The molecule has 1 aliphatic rings. The Balaban J connectivity index is 1.78. The Hall–Kier alpha value is -1.66. The first kappa shape index (κ1) is 11.4. The van der Waals surface area contributed by atoms with Gasteiger partial charge in [0.1, 0.15) is 5.82 Å². The van der Waals surface area contributed by atoms with Crippen LogP contribution in [-0.4, -0.2) is 33.6 Å². The van der Waals surface area contributed by atoms with Gasteiger partial charge >= 0.3 is 0 Å². The third kappa shape index (κ3) is 2.04. The minimum Gasteiger partial charge on any atom is -0.384 e. The lowest BCUT2D eigenvalue weighted by molar-refractivity contribution is -0.146. The van der Waals surface area contributed by atoms with Gasteiger partial charge in [-0.15, -0.1) is 0 Å². The van der Waals surface area contributed by atoms with Crippen molar-refractivity contribution in [2.24, 2.45) is 0 Å². The van der Waals surface area contributed by atoms with Crippen LogP contribution >= 0.6 is 0 Å². The molecule has 2 aromatic rings. The molecule has 0 aliphatic carbocycles. The van der Waals surface area contributed by atoms with Crippen LogP contribution in [0.3, 0.4) is 0 Å². The molecule has 6 heteroatoms. The van der Waals surface area contributed by atoms with Crippen molar-refractivity contribution >= 4 is 11.5 Å². The van der Waals surface area contributed by atoms with Crippen molar-refractivity contribution in [2.45, 2.75) is 25.6 Å². The molecule has 0 amide bonds. The first-order valence-electron chi connectivity index (χ1n) is 6.03. The zero-order valence-corrected chi connectivity index (χ0v) is 10.3. The number of rotatable bonds is 3. The zero-order valence-electron chi connectivity index (χ0n) is 10.3. The molecule has 2 aromatic heterocycles. The molecule has 3 rings (SSSR count). The highest BCUT2D eigenvalue weighted by Gasteiger charge is 2.30. The van der Waals surface area contributed by atoms with Crippen molar-refractivity contribution in [2.75, 3.05) is 18.9 Å². The molecule has 2 N–H and O–H groups in total. The average Bonchev–Trinajstić information content (AvgIpc) is 2.96. The number of aromatic nitrogens is 3. The largest absolute Gasteiger partial charge is 0.384 e. The third-order valence-electron chi connectivity index (χ3n) is 3.17. The van der Waals surface area contributed by atoms with Crippen LogP contribution in [0.15, 0.2) is 18.3 Å². The fourth-order valence-electron chi connectivity index (χ4n) is 2.18. The van der Waals surface area contributed by atoms with E-state index in [1.165, 1.54) is 0 Å². The van der Waals surface area contributed by atoms with E-state index in [0.717, 1.165) is 24.2 Å². The molecule has 0 spiro atoms. The highest BCUT2D eigenvalue weighted by molar-refractivity contribution is 5.46. The molecule has 0 radical (unpaired) electrons. The highest BCUT2D eigenvalue weighted by Crippen LogP contribution is 2.24. The lowest BCUT2D eigenvalue weighted by atomic mass is 10.1. The highest BCUT2D eigenvalue weighted by atomic mass is 16.7. The molecule has 0 bridgehead atoms. The van der Waals surface area contributed by atoms with Gasteiger partial charge in [0.2, 0.25) is 0 Å². The molecule has 1 aliphatic heterocycles. The predicted octanol–water partition coefficient (Wildman–Crippen LogP) is 1.01. The van der Waals surface area contributed by atoms with E-state index in [1.807, 2.05) is 19.1 Å². The summed E-state index contributed by atoms with van der Waals surface area (Å²) < 4.78 is 12.8. The molecule has 96 valence electrons. The van der Waals surface area contributed by atoms with Crippen molar-refractivity contribution in [1.82, 2.24) is 14.6 Å². The maximum absolute atomic E-state index is 5.92. The van der Waals surface area contributed by atoms with Crippen molar-refractivity contribution in [3.63, 3.8) is 0 Å². The van der Waals surface area contributed by atoms with Gasteiger partial charge in [0.05, 0.1) is 19.4 Å². The van der Waals surface area contributed by atoms with Gasteiger partial charge in [0.15, 0.2) is 11.4 Å². The molecular formula is C12H16N4O2. The lowest BCUT2D eigenvalue weighted by Gasteiger charge is -2.21. The number of fused-ring (bicyclic) bond motifs is 1. The summed E-state index contributed by atoms with van der Waals surface area (Å²) in [5, 5.41) is 4.09. The fourth-order valence-corrected chi connectivity index (χ4v) is 2.18. The zero-order chi connectivity index (χ0) is 12.6. The normalized spacial score (nSPS) is 18.5. The van der Waals surface area contributed by atoms with Crippen LogP contribution < -0.4 is 5.73 Å². The first-order chi connectivity index (χ1) is 8.66. The molecule has 3 heterocycles. The Labute approximate surface area is 105 Å². The van der Waals surface area contributed by atoms with E-state index in [4.69, 9.17) is 15.2 Å². The van der Waals surface area contributed by atoms with Gasteiger partial charge < -0.3 is 15.2 Å². The Kier molecular flexibility index (Phi) is 2.68. The summed E-state index contributed by atoms with van der Waals surface area (Å²) in [5.41, 5.74) is 7.61. The van der Waals surface area contributed by atoms with Crippen LogP contribution in [0.25, 0.3) is 5.65 Å². The molecule has 1 fully saturated rings. The second-order valence-electron chi connectivity index (χ2n) is 4.60. The van der Waals surface area contributed by atoms with Crippen LogP contribution in [0.1, 0.15) is 19.0 Å². The summed E-state index contributed by atoms with van der Waals surface area (Å²) >= 11 is 0. The number of ether oxygens (including phenoxy) is 2. The summed E-state index contributed by atoms with van der Waals surface area (Å²) in [6, 6.07) is 3.68. The summed E-state index contributed by atoms with van der Waals surface area (Å²) in [7, 11) is 0. The third-order valence-corrected chi connectivity index (χ3v) is 3.17. The van der Waals surface area contributed by atoms with Crippen molar-refractivity contribution in [3.05, 3.63) is 24.0 Å². The van der Waals surface area contributed by atoms with E-state index in [9.17, 15) is 0 Å². The molecule has 18 heavy (non-hydrogen) atoms. The molecule has 1 saturated heterocycles. The van der Waals surface area contributed by atoms with E-state index in [0.29, 0.717) is 19.0 Å². The van der Waals surface area contributed by atoms with Crippen LogP contribution in [0.5, 0.6) is 0 Å². The second kappa shape index (κ2) is 4.22. The van der Waals surface area contributed by atoms with Gasteiger partial charge in [-0.2, -0.15) is 9.61 Å². The van der Waals surface area contributed by atoms with E-state index in [-0.39, 0.29) is 0 Å². The Morgan fingerprint density at radius 3 is 3.00 bits per heavy atom. The monoisotopic (exact) mass is 248 g/mol. The topological polar surface area (TPSA) is 74.7 Å². The van der Waals surface area contributed by atoms with Gasteiger partial charge in [-0.05, 0) is 13.3 Å². The first-order valence-corrected chi connectivity index (χ1v) is 6.03. The SMILES string of the molecule is CC1(CCc2cc(N)n3nccc3n2)OCCO1. The van der Waals surface area contributed by atoms with E-state index in [2.05, 4.69) is 10.1 Å². The van der Waals surface area contributed by atoms with E-state index in [1.54, 1.807) is 10.7 Å². The molecule has 0 saturated carbocycles. The van der Waals surface area contributed by atoms with E-state index < -0.39 is 5.79 Å². The minimum absolute atomic E-state index is 0.483. The number of hydrogen-bond donors (Lipinski definition) is 1. The standard InChI is InChI=1S/C12H16N4O2/c1-12(17-6-7-18-12)4-2-9-8-10(13)16-11(15-9)3-5-14-16/h3,5,8H,2,4,6-7,13H2,1H3. The van der Waals surface area contributed by atoms with Crippen LogP contribution in [-0.2, 0) is 15.9 Å². The van der Waals surface area contributed by atoms with Crippen molar-refractivity contribution in [3.8, 4) is 0 Å². The second-order valence-corrected chi connectivity index (χ2v) is 4.60. The molecular weight excluding hydrogens is 232 g/mol. The number of nitrogens with zero attached hydrogens (tertiary/aromatic N) is 3. The smallest absolute Gasteiger partial charge is 0.166 e. The minimum atomic E-state index is -0.483. The van der Waals surface area contributed by atoms with Gasteiger partial charge in [0, 0.05) is 24.2 Å². The summed E-state index contributed by atoms with van der Waals surface area (Å²) in [6.07, 6.45) is 3.22. The number of nitrogens with two attached hydrogens (primary N) is 1. The predicted molar refractivity (Wildman–Crippen MR) is 66.0 cm³/mol. The van der Waals surface area contributed by atoms with Crippen LogP contribution in [0.4, 0.5) is 5.82 Å². The van der Waals surface area contributed by atoms with Gasteiger partial charge in [0.25, 0.3) is 0 Å². The number of anilines is 1. The van der Waals surface area contributed by atoms with Crippen LogP contribution in [0, 0.1) is 0 Å². The maximum atomic E-state index is 5.92. The average molecular weight is 248 g/mol. The Morgan fingerprint density at radius 1 is 1.44 bits per heavy atom. The van der Waals surface area contributed by atoms with Gasteiger partial charge in [-0.3, -0.25) is 0 Å². The van der Waals surface area contributed by atoms with E-state index >= 15 is 0 Å². The van der Waals surface area contributed by atoms with Gasteiger partial charge in [-0.1, -0.05) is 0 Å². The summed E-state index contributed by atoms with van der Waals surface area (Å²) in [5.74, 6) is 0.112. The summed E-state index contributed by atoms with van der Waals surface area (Å²) in [4.78, 5) is 4.50. The van der Waals surface area contributed by atoms with Gasteiger partial charge in [-0.25, -0.2) is 4.98 Å². The maximum Gasteiger partial charge on any atom is 0.166 e. The van der Waals surface area contributed by atoms with Crippen molar-refractivity contribution in [1.29, 1.82) is 0 Å². The summed E-state index contributed by atoms with van der Waals surface area (Å²) in [6.45, 7) is 3.28. The molecule has 0 aromatic carbocycles. The molecule has 0 atom stereocenters. The lowest BCUT2D eigenvalue weighted by Crippen LogP contribution is -2.26. The fraction of sp³-hybridized carbons (Fsp3) is 0.500. The quantitative estimate of drug-likeness (QED) is 0.877. The number of nitrogen functional groups attached to an aromatic ring is 1. The Morgan fingerprint density at radius 2 is 2.22 bits per heavy atom. The molecule has 0 unspecified atom stereocenters. The number of aryl methyl sites for hydroxylation is 1. The number of hydrogen-bond acceptors (Lipinski definition) is 5. The van der Waals surface area contributed by atoms with Crippen molar-refractivity contribution < 1.29 is 9.47 Å². The van der Waals surface area contributed by atoms with Crippen LogP contribution in [0.2, 0.25) is 0 Å². The molecule has 6 nitrogen and oxygen atoms in total.